The average Bonchev–Trinajstić information content (AvgIpc) is 2.94. The summed E-state index contributed by atoms with van der Waals surface area (Å²) in [4.78, 5) is 9.15. The first kappa shape index (κ1) is 17.5. The summed E-state index contributed by atoms with van der Waals surface area (Å²) in [6.07, 6.45) is 0.285. The SMILES string of the molecule is CN=C(NC)N1CC2OCCN(Cc3ccccc3)C2C1.I. The number of fused-ring (bicyclic) bond motifs is 1. The summed E-state index contributed by atoms with van der Waals surface area (Å²) in [6.45, 7) is 4.72. The number of benzene rings is 1. The number of rotatable bonds is 2. The van der Waals surface area contributed by atoms with Crippen LogP contribution in [0.25, 0.3) is 0 Å². The van der Waals surface area contributed by atoms with Crippen LogP contribution in [0.3, 0.4) is 0 Å². The molecule has 22 heavy (non-hydrogen) atoms. The van der Waals surface area contributed by atoms with Gasteiger partial charge in [-0.1, -0.05) is 30.3 Å². The fourth-order valence-electron chi connectivity index (χ4n) is 3.36. The second kappa shape index (κ2) is 8.12. The van der Waals surface area contributed by atoms with Crippen molar-refractivity contribution in [2.24, 2.45) is 4.99 Å². The molecule has 1 aromatic rings. The summed E-state index contributed by atoms with van der Waals surface area (Å²) in [5.41, 5.74) is 1.37. The molecule has 5 nitrogen and oxygen atoms in total. The Kier molecular flexibility index (Phi) is 6.46. The van der Waals surface area contributed by atoms with E-state index in [0.717, 1.165) is 38.7 Å². The average molecular weight is 416 g/mol. The molecule has 2 unspecified atom stereocenters. The molecule has 0 spiro atoms. The summed E-state index contributed by atoms with van der Waals surface area (Å²) in [7, 11) is 3.75. The number of guanidine groups is 1. The minimum Gasteiger partial charge on any atom is -0.373 e. The van der Waals surface area contributed by atoms with Crippen LogP contribution in [0.2, 0.25) is 0 Å². The van der Waals surface area contributed by atoms with Crippen LogP contribution < -0.4 is 5.32 Å². The molecule has 2 aliphatic rings. The molecule has 1 aromatic carbocycles. The van der Waals surface area contributed by atoms with E-state index in [9.17, 15) is 0 Å². The summed E-state index contributed by atoms with van der Waals surface area (Å²) in [6, 6.07) is 11.1. The fourth-order valence-corrected chi connectivity index (χ4v) is 3.36. The number of likely N-dealkylation sites (tertiary alicyclic amines) is 1. The third kappa shape index (κ3) is 3.72. The minimum absolute atomic E-state index is 0. The Morgan fingerprint density at radius 3 is 2.77 bits per heavy atom. The van der Waals surface area contributed by atoms with E-state index in [1.807, 2.05) is 14.1 Å². The standard InChI is InChI=1S/C16H24N4O.HI/c1-17-16(18-2)20-11-14-15(12-20)21-9-8-19(14)10-13-6-4-3-5-7-13;/h3-7,14-15H,8-12H2,1-2H3,(H,17,18);1H. The molecular formula is C16H25IN4O. The molecule has 1 N–H and O–H groups in total. The lowest BCUT2D eigenvalue weighted by Crippen LogP contribution is -2.50. The number of nitrogens with zero attached hydrogens (tertiary/aromatic N) is 3. The first-order valence-corrected chi connectivity index (χ1v) is 7.61. The highest BCUT2D eigenvalue weighted by molar-refractivity contribution is 14.0. The van der Waals surface area contributed by atoms with Gasteiger partial charge in [0.05, 0.1) is 18.8 Å². The van der Waals surface area contributed by atoms with Crippen molar-refractivity contribution < 1.29 is 4.74 Å². The number of morpholine rings is 1. The van der Waals surface area contributed by atoms with Crippen LogP contribution >= 0.6 is 24.0 Å². The Labute approximate surface area is 149 Å². The Bertz CT molecular complexity index is 496. The fraction of sp³-hybridized carbons (Fsp3) is 0.562. The zero-order valence-electron chi connectivity index (χ0n) is 13.2. The summed E-state index contributed by atoms with van der Waals surface area (Å²) >= 11 is 0. The van der Waals surface area contributed by atoms with Gasteiger partial charge in [0.2, 0.25) is 0 Å². The lowest BCUT2D eigenvalue weighted by molar-refractivity contribution is -0.0502. The maximum absolute atomic E-state index is 5.97. The van der Waals surface area contributed by atoms with Crippen LogP contribution in [0.4, 0.5) is 0 Å². The molecule has 2 fully saturated rings. The van der Waals surface area contributed by atoms with Crippen LogP contribution in [0.15, 0.2) is 35.3 Å². The molecule has 2 heterocycles. The van der Waals surface area contributed by atoms with Crippen LogP contribution in [0.5, 0.6) is 0 Å². The van der Waals surface area contributed by atoms with Crippen molar-refractivity contribution in [2.45, 2.75) is 18.7 Å². The largest absolute Gasteiger partial charge is 0.373 e. The number of hydrogen-bond donors (Lipinski definition) is 1. The van der Waals surface area contributed by atoms with Gasteiger partial charge >= 0.3 is 0 Å². The molecule has 3 rings (SSSR count). The Morgan fingerprint density at radius 1 is 1.32 bits per heavy atom. The highest BCUT2D eigenvalue weighted by Gasteiger charge is 2.40. The van der Waals surface area contributed by atoms with Gasteiger partial charge in [0, 0.05) is 40.3 Å². The van der Waals surface area contributed by atoms with Gasteiger partial charge in [0.25, 0.3) is 0 Å². The van der Waals surface area contributed by atoms with Gasteiger partial charge in [-0.15, -0.1) is 24.0 Å². The van der Waals surface area contributed by atoms with E-state index in [4.69, 9.17) is 4.74 Å². The van der Waals surface area contributed by atoms with Gasteiger partial charge < -0.3 is 15.0 Å². The maximum atomic E-state index is 5.97. The van der Waals surface area contributed by atoms with Crippen molar-refractivity contribution in [3.8, 4) is 0 Å². The number of aliphatic imine (C=N–C) groups is 1. The van der Waals surface area contributed by atoms with Crippen LogP contribution in [-0.4, -0.2) is 68.2 Å². The predicted molar refractivity (Wildman–Crippen MR) is 99.8 cm³/mol. The lowest BCUT2D eigenvalue weighted by Gasteiger charge is -2.36. The molecule has 0 amide bonds. The molecule has 0 aliphatic carbocycles. The molecular weight excluding hydrogens is 391 g/mol. The van der Waals surface area contributed by atoms with E-state index in [-0.39, 0.29) is 30.1 Å². The van der Waals surface area contributed by atoms with Crippen molar-refractivity contribution in [1.29, 1.82) is 0 Å². The third-order valence-corrected chi connectivity index (χ3v) is 4.38. The lowest BCUT2D eigenvalue weighted by atomic mass is 10.1. The summed E-state index contributed by atoms with van der Waals surface area (Å²) < 4.78 is 5.97. The van der Waals surface area contributed by atoms with Gasteiger partial charge in [-0.2, -0.15) is 0 Å². The van der Waals surface area contributed by atoms with Crippen LogP contribution in [0.1, 0.15) is 5.56 Å². The van der Waals surface area contributed by atoms with Gasteiger partial charge in [-0.3, -0.25) is 9.89 Å². The van der Waals surface area contributed by atoms with E-state index >= 15 is 0 Å². The molecule has 2 saturated heterocycles. The number of ether oxygens (including phenoxy) is 1. The Balaban J connectivity index is 0.00000176. The highest BCUT2D eigenvalue weighted by atomic mass is 127. The third-order valence-electron chi connectivity index (χ3n) is 4.38. The second-order valence-electron chi connectivity index (χ2n) is 5.63. The van der Waals surface area contributed by atoms with Crippen LogP contribution in [0, 0.1) is 0 Å². The van der Waals surface area contributed by atoms with Gasteiger partial charge in [-0.25, -0.2) is 0 Å². The summed E-state index contributed by atoms with van der Waals surface area (Å²) in [5, 5.41) is 3.17. The van der Waals surface area contributed by atoms with Crippen molar-refractivity contribution in [2.75, 3.05) is 40.3 Å². The van der Waals surface area contributed by atoms with Crippen molar-refractivity contribution in [3.05, 3.63) is 35.9 Å². The number of nitrogens with one attached hydrogen (secondary N) is 1. The zero-order valence-corrected chi connectivity index (χ0v) is 15.6. The van der Waals surface area contributed by atoms with E-state index in [2.05, 4.69) is 50.4 Å². The molecule has 0 aromatic heterocycles. The topological polar surface area (TPSA) is 40.1 Å². The molecule has 0 radical (unpaired) electrons. The number of halogens is 1. The van der Waals surface area contributed by atoms with Gasteiger partial charge in [0.15, 0.2) is 5.96 Å². The first-order valence-electron chi connectivity index (χ1n) is 7.61. The van der Waals surface area contributed by atoms with E-state index in [1.54, 1.807) is 0 Å². The molecule has 6 heteroatoms. The molecule has 2 aliphatic heterocycles. The first-order chi connectivity index (χ1) is 10.3. The molecule has 0 bridgehead atoms. The molecule has 2 atom stereocenters. The minimum atomic E-state index is 0. The predicted octanol–water partition coefficient (Wildman–Crippen LogP) is 1.39. The van der Waals surface area contributed by atoms with E-state index in [1.165, 1.54) is 5.56 Å². The molecule has 0 saturated carbocycles. The Hall–Kier alpha value is -0.860. The van der Waals surface area contributed by atoms with Crippen molar-refractivity contribution >= 4 is 29.9 Å². The van der Waals surface area contributed by atoms with Gasteiger partial charge in [-0.05, 0) is 5.56 Å². The molecule has 122 valence electrons. The smallest absolute Gasteiger partial charge is 0.193 e. The quantitative estimate of drug-likeness (QED) is 0.450. The highest BCUT2D eigenvalue weighted by Crippen LogP contribution is 2.24. The monoisotopic (exact) mass is 416 g/mol. The normalized spacial score (nSPS) is 25.5. The maximum Gasteiger partial charge on any atom is 0.193 e. The summed E-state index contributed by atoms with van der Waals surface area (Å²) in [5.74, 6) is 0.952. The second-order valence-corrected chi connectivity index (χ2v) is 5.63. The van der Waals surface area contributed by atoms with E-state index in [0.29, 0.717) is 6.04 Å². The number of hydrogen-bond acceptors (Lipinski definition) is 3. The Morgan fingerprint density at radius 2 is 2.09 bits per heavy atom. The van der Waals surface area contributed by atoms with Crippen LogP contribution in [-0.2, 0) is 11.3 Å². The van der Waals surface area contributed by atoms with E-state index < -0.39 is 0 Å². The van der Waals surface area contributed by atoms with Crippen molar-refractivity contribution in [1.82, 2.24) is 15.1 Å². The van der Waals surface area contributed by atoms with Gasteiger partial charge in [0.1, 0.15) is 0 Å². The zero-order chi connectivity index (χ0) is 14.7. The van der Waals surface area contributed by atoms with Crippen molar-refractivity contribution in [3.63, 3.8) is 0 Å².